The number of hydrogen-bond donors (Lipinski definition) is 1. The molecule has 1 aromatic carbocycles. The molecule has 0 bridgehead atoms. The Bertz CT molecular complexity index is 446. The number of piperidine rings is 1. The molecule has 0 saturated carbocycles. The molecule has 2 heterocycles. The molecular weight excluding hydrogens is 236 g/mol. The molecule has 3 nitrogen and oxygen atoms in total. The van der Waals surface area contributed by atoms with E-state index in [-0.39, 0.29) is 0 Å². The smallest absolute Gasteiger partial charge is 0.122 e. The van der Waals surface area contributed by atoms with Crippen molar-refractivity contribution in [2.45, 2.75) is 38.8 Å². The molecule has 0 amide bonds. The lowest BCUT2D eigenvalue weighted by molar-refractivity contribution is 0.0453. The van der Waals surface area contributed by atoms with Crippen molar-refractivity contribution in [1.82, 2.24) is 9.80 Å². The molecule has 2 aliphatic rings. The number of aromatic hydroxyl groups is 1. The van der Waals surface area contributed by atoms with Gasteiger partial charge in [-0.05, 0) is 31.9 Å². The van der Waals surface area contributed by atoms with E-state index in [4.69, 9.17) is 0 Å². The highest BCUT2D eigenvalue weighted by molar-refractivity contribution is 5.39. The lowest BCUT2D eigenvalue weighted by atomic mass is 9.99. The number of nitrogens with zero attached hydrogens (tertiary/aromatic N) is 2. The fourth-order valence-corrected chi connectivity index (χ4v) is 3.45. The summed E-state index contributed by atoms with van der Waals surface area (Å²) < 4.78 is 0. The normalized spacial score (nSPS) is 25.2. The second kappa shape index (κ2) is 5.51. The largest absolute Gasteiger partial charge is 0.507 e. The van der Waals surface area contributed by atoms with Crippen LogP contribution in [0.3, 0.4) is 0 Å². The van der Waals surface area contributed by atoms with Gasteiger partial charge < -0.3 is 5.11 Å². The molecule has 3 rings (SSSR count). The Morgan fingerprint density at radius 2 is 2.11 bits per heavy atom. The number of phenols is 1. The predicted octanol–water partition coefficient (Wildman–Crippen LogP) is 2.37. The van der Waals surface area contributed by atoms with Crippen LogP contribution in [-0.4, -0.2) is 47.1 Å². The number of hydrogen-bond acceptors (Lipinski definition) is 3. The second-order valence-electron chi connectivity index (χ2n) is 6.00. The maximum Gasteiger partial charge on any atom is 0.122 e. The number of fused-ring (bicyclic) bond motifs is 1. The topological polar surface area (TPSA) is 26.7 Å². The van der Waals surface area contributed by atoms with Gasteiger partial charge >= 0.3 is 0 Å². The molecule has 0 radical (unpaired) electrons. The molecule has 19 heavy (non-hydrogen) atoms. The summed E-state index contributed by atoms with van der Waals surface area (Å²) in [6.45, 7) is 7.62. The number of piperazine rings is 1. The molecule has 1 atom stereocenters. The molecule has 3 heteroatoms. The minimum atomic E-state index is 0.480. The first-order valence-electron chi connectivity index (χ1n) is 7.48. The van der Waals surface area contributed by atoms with E-state index in [0.717, 1.165) is 36.8 Å². The van der Waals surface area contributed by atoms with E-state index in [9.17, 15) is 5.11 Å². The van der Waals surface area contributed by atoms with Crippen molar-refractivity contribution in [1.29, 1.82) is 0 Å². The highest BCUT2D eigenvalue weighted by atomic mass is 16.3. The summed E-state index contributed by atoms with van der Waals surface area (Å²) in [6.07, 6.45) is 4.09. The van der Waals surface area contributed by atoms with Crippen molar-refractivity contribution >= 4 is 0 Å². The third kappa shape index (κ3) is 2.77. The number of benzene rings is 1. The molecule has 0 aromatic heterocycles. The van der Waals surface area contributed by atoms with Gasteiger partial charge in [0.15, 0.2) is 0 Å². The molecule has 0 aliphatic carbocycles. The van der Waals surface area contributed by atoms with E-state index in [1.807, 2.05) is 19.1 Å². The van der Waals surface area contributed by atoms with Gasteiger partial charge in [0.1, 0.15) is 5.75 Å². The Morgan fingerprint density at radius 3 is 3.00 bits per heavy atom. The summed E-state index contributed by atoms with van der Waals surface area (Å²) >= 11 is 0. The summed E-state index contributed by atoms with van der Waals surface area (Å²) in [6, 6.07) is 6.81. The maximum atomic E-state index is 10.1. The summed E-state index contributed by atoms with van der Waals surface area (Å²) in [7, 11) is 0. The third-order valence-corrected chi connectivity index (χ3v) is 4.64. The highest BCUT2D eigenvalue weighted by Crippen LogP contribution is 2.26. The second-order valence-corrected chi connectivity index (χ2v) is 6.00. The molecule has 2 saturated heterocycles. The lowest BCUT2D eigenvalue weighted by Crippen LogP contribution is -2.54. The van der Waals surface area contributed by atoms with Gasteiger partial charge in [-0.2, -0.15) is 0 Å². The first-order valence-corrected chi connectivity index (χ1v) is 7.48. The van der Waals surface area contributed by atoms with Crippen LogP contribution < -0.4 is 0 Å². The fraction of sp³-hybridized carbons (Fsp3) is 0.625. The summed E-state index contributed by atoms with van der Waals surface area (Å²) in [4.78, 5) is 5.15. The molecule has 1 aromatic rings. The van der Waals surface area contributed by atoms with Crippen LogP contribution in [0, 0.1) is 6.92 Å². The Kier molecular flexibility index (Phi) is 3.76. The molecule has 104 valence electrons. The van der Waals surface area contributed by atoms with E-state index in [1.165, 1.54) is 32.4 Å². The first kappa shape index (κ1) is 12.9. The van der Waals surface area contributed by atoms with Gasteiger partial charge in [-0.3, -0.25) is 9.80 Å². The van der Waals surface area contributed by atoms with Crippen molar-refractivity contribution in [2.24, 2.45) is 0 Å². The fourth-order valence-electron chi connectivity index (χ4n) is 3.45. The van der Waals surface area contributed by atoms with Crippen molar-refractivity contribution in [3.8, 4) is 5.75 Å². The molecule has 1 unspecified atom stereocenters. The monoisotopic (exact) mass is 260 g/mol. The van der Waals surface area contributed by atoms with Crippen LogP contribution in [0.1, 0.15) is 30.4 Å². The Hall–Kier alpha value is -1.06. The van der Waals surface area contributed by atoms with Crippen LogP contribution in [0.15, 0.2) is 18.2 Å². The van der Waals surface area contributed by atoms with Crippen LogP contribution in [0.4, 0.5) is 0 Å². The Morgan fingerprint density at radius 1 is 1.21 bits per heavy atom. The van der Waals surface area contributed by atoms with Crippen LogP contribution >= 0.6 is 0 Å². The van der Waals surface area contributed by atoms with Crippen molar-refractivity contribution in [3.63, 3.8) is 0 Å². The van der Waals surface area contributed by atoms with E-state index < -0.39 is 0 Å². The van der Waals surface area contributed by atoms with E-state index in [2.05, 4.69) is 15.9 Å². The van der Waals surface area contributed by atoms with E-state index in [0.29, 0.717) is 5.75 Å². The zero-order valence-corrected chi connectivity index (χ0v) is 11.8. The number of phenolic OH excluding ortho intramolecular Hbond substituents is 1. The van der Waals surface area contributed by atoms with Gasteiger partial charge in [0, 0.05) is 37.8 Å². The minimum absolute atomic E-state index is 0.480. The lowest BCUT2D eigenvalue weighted by Gasteiger charge is -2.44. The maximum absolute atomic E-state index is 10.1. The average Bonchev–Trinajstić information content (AvgIpc) is 2.44. The van der Waals surface area contributed by atoms with Gasteiger partial charge in [0.25, 0.3) is 0 Å². The van der Waals surface area contributed by atoms with Crippen LogP contribution in [0.25, 0.3) is 0 Å². The number of para-hydroxylation sites is 1. The summed E-state index contributed by atoms with van der Waals surface area (Å²) in [5.41, 5.74) is 2.05. The molecule has 2 fully saturated rings. The SMILES string of the molecule is Cc1cccc(CN2CCN3CCCCC3C2)c1O. The summed E-state index contributed by atoms with van der Waals surface area (Å²) in [5.74, 6) is 0.480. The predicted molar refractivity (Wildman–Crippen MR) is 77.3 cm³/mol. The molecular formula is C16H24N2O. The third-order valence-electron chi connectivity index (χ3n) is 4.64. The highest BCUT2D eigenvalue weighted by Gasteiger charge is 2.28. The number of aryl methyl sites for hydroxylation is 1. The quantitative estimate of drug-likeness (QED) is 0.884. The van der Waals surface area contributed by atoms with Crippen LogP contribution in [0.2, 0.25) is 0 Å². The molecule has 0 spiro atoms. The standard InChI is InChI=1S/C16H24N2O/c1-13-5-4-6-14(16(13)19)11-17-9-10-18-8-3-2-7-15(18)12-17/h4-6,15,19H,2-3,7-12H2,1H3. The average molecular weight is 260 g/mol. The van der Waals surface area contributed by atoms with Gasteiger partial charge in [0.05, 0.1) is 0 Å². The first-order chi connectivity index (χ1) is 9.24. The van der Waals surface area contributed by atoms with Gasteiger partial charge in [-0.15, -0.1) is 0 Å². The van der Waals surface area contributed by atoms with Gasteiger partial charge in [0.2, 0.25) is 0 Å². The van der Waals surface area contributed by atoms with Crippen molar-refractivity contribution in [3.05, 3.63) is 29.3 Å². The van der Waals surface area contributed by atoms with Crippen LogP contribution in [-0.2, 0) is 6.54 Å². The summed E-state index contributed by atoms with van der Waals surface area (Å²) in [5, 5.41) is 10.1. The number of rotatable bonds is 2. The zero-order valence-electron chi connectivity index (χ0n) is 11.8. The van der Waals surface area contributed by atoms with Crippen molar-refractivity contribution in [2.75, 3.05) is 26.2 Å². The van der Waals surface area contributed by atoms with Crippen molar-refractivity contribution < 1.29 is 5.11 Å². The van der Waals surface area contributed by atoms with E-state index >= 15 is 0 Å². The molecule has 1 N–H and O–H groups in total. The van der Waals surface area contributed by atoms with E-state index in [1.54, 1.807) is 0 Å². The van der Waals surface area contributed by atoms with Crippen LogP contribution in [0.5, 0.6) is 5.75 Å². The van der Waals surface area contributed by atoms with Gasteiger partial charge in [-0.25, -0.2) is 0 Å². The van der Waals surface area contributed by atoms with Gasteiger partial charge in [-0.1, -0.05) is 24.6 Å². The Labute approximate surface area is 115 Å². The zero-order chi connectivity index (χ0) is 13.2. The minimum Gasteiger partial charge on any atom is -0.507 e. The Balaban J connectivity index is 1.66. The molecule has 2 aliphatic heterocycles.